The number of nitrogens with zero attached hydrogens (tertiary/aromatic N) is 1. The Kier molecular flexibility index (Phi) is 2.30. The average Bonchev–Trinajstić information content (AvgIpc) is 2.74. The number of fused-ring (bicyclic) bond motifs is 1. The van der Waals surface area contributed by atoms with Gasteiger partial charge in [0.05, 0.1) is 5.69 Å². The lowest BCUT2D eigenvalue weighted by atomic mass is 10.1. The number of benzene rings is 1. The summed E-state index contributed by atoms with van der Waals surface area (Å²) >= 11 is 0. The normalized spacial score (nSPS) is 16.4. The van der Waals surface area contributed by atoms with Gasteiger partial charge in [0.15, 0.2) is 0 Å². The molecule has 1 aromatic heterocycles. The van der Waals surface area contributed by atoms with Gasteiger partial charge in [-0.3, -0.25) is 4.98 Å². The molecule has 1 aliphatic rings. The van der Waals surface area contributed by atoms with E-state index in [2.05, 4.69) is 41.4 Å². The van der Waals surface area contributed by atoms with Crippen LogP contribution in [0.1, 0.15) is 23.2 Å². The molecule has 0 aliphatic heterocycles. The van der Waals surface area contributed by atoms with E-state index in [-0.39, 0.29) is 0 Å². The van der Waals surface area contributed by atoms with Gasteiger partial charge < -0.3 is 0 Å². The first-order valence-corrected chi connectivity index (χ1v) is 5.63. The van der Waals surface area contributed by atoms with Gasteiger partial charge in [0.2, 0.25) is 0 Å². The standard InChI is InChI=1S/C15H13N/c1-2-5-12(6-3-1)11-14-9-8-13-7-4-10-16-15(13)14/h1-7,10-11H,8-9H2. The van der Waals surface area contributed by atoms with Crippen LogP contribution in [0.15, 0.2) is 48.7 Å². The molecule has 3 rings (SSSR count). The third kappa shape index (κ3) is 1.65. The summed E-state index contributed by atoms with van der Waals surface area (Å²) in [7, 11) is 0. The van der Waals surface area contributed by atoms with E-state index in [1.165, 1.54) is 22.4 Å². The summed E-state index contributed by atoms with van der Waals surface area (Å²) in [5, 5.41) is 0. The van der Waals surface area contributed by atoms with Gasteiger partial charge in [0.25, 0.3) is 0 Å². The van der Waals surface area contributed by atoms with Crippen LogP contribution >= 0.6 is 0 Å². The lowest BCUT2D eigenvalue weighted by Crippen LogP contribution is -1.84. The van der Waals surface area contributed by atoms with Crippen LogP contribution in [0.25, 0.3) is 11.6 Å². The van der Waals surface area contributed by atoms with Crippen molar-refractivity contribution in [3.8, 4) is 0 Å². The average molecular weight is 207 g/mol. The smallest absolute Gasteiger partial charge is 0.0693 e. The van der Waals surface area contributed by atoms with Crippen molar-refractivity contribution in [2.45, 2.75) is 12.8 Å². The molecule has 0 saturated carbocycles. The van der Waals surface area contributed by atoms with Gasteiger partial charge in [-0.2, -0.15) is 0 Å². The molecule has 0 radical (unpaired) electrons. The van der Waals surface area contributed by atoms with Crippen molar-refractivity contribution in [2.75, 3.05) is 0 Å². The number of hydrogen-bond donors (Lipinski definition) is 0. The molecule has 0 N–H and O–H groups in total. The lowest BCUT2D eigenvalue weighted by molar-refractivity contribution is 1.08. The molecule has 0 unspecified atom stereocenters. The van der Waals surface area contributed by atoms with E-state index in [0.29, 0.717) is 0 Å². The van der Waals surface area contributed by atoms with Gasteiger partial charge in [0.1, 0.15) is 0 Å². The molecule has 0 atom stereocenters. The number of aryl methyl sites for hydroxylation is 1. The van der Waals surface area contributed by atoms with Gasteiger partial charge >= 0.3 is 0 Å². The number of rotatable bonds is 1. The Morgan fingerprint density at radius 3 is 2.69 bits per heavy atom. The fourth-order valence-electron chi connectivity index (χ4n) is 2.21. The number of allylic oxidation sites excluding steroid dienone is 1. The van der Waals surface area contributed by atoms with E-state index in [4.69, 9.17) is 0 Å². The zero-order valence-corrected chi connectivity index (χ0v) is 9.06. The first-order valence-electron chi connectivity index (χ1n) is 5.63. The minimum atomic E-state index is 1.11. The van der Waals surface area contributed by atoms with E-state index in [9.17, 15) is 0 Å². The maximum absolute atomic E-state index is 4.47. The van der Waals surface area contributed by atoms with Gasteiger partial charge in [0, 0.05) is 6.20 Å². The van der Waals surface area contributed by atoms with E-state index in [1.54, 1.807) is 0 Å². The molecular weight excluding hydrogens is 194 g/mol. The Labute approximate surface area is 95.5 Å². The number of hydrogen-bond acceptors (Lipinski definition) is 1. The summed E-state index contributed by atoms with van der Waals surface area (Å²) in [4.78, 5) is 4.47. The summed E-state index contributed by atoms with van der Waals surface area (Å²) in [6.07, 6.45) is 6.37. The summed E-state index contributed by atoms with van der Waals surface area (Å²) in [6, 6.07) is 14.6. The van der Waals surface area contributed by atoms with Gasteiger partial charge in [-0.05, 0) is 41.7 Å². The third-order valence-corrected chi connectivity index (χ3v) is 3.00. The third-order valence-electron chi connectivity index (χ3n) is 3.00. The molecular formula is C15H13N. The highest BCUT2D eigenvalue weighted by Gasteiger charge is 2.16. The molecule has 0 bridgehead atoms. The Bertz CT molecular complexity index is 526. The van der Waals surface area contributed by atoms with E-state index < -0.39 is 0 Å². The summed E-state index contributed by atoms with van der Waals surface area (Å²) in [5.74, 6) is 0. The van der Waals surface area contributed by atoms with E-state index in [0.717, 1.165) is 12.8 Å². The van der Waals surface area contributed by atoms with Crippen LogP contribution in [0.4, 0.5) is 0 Å². The van der Waals surface area contributed by atoms with Crippen LogP contribution in [0.3, 0.4) is 0 Å². The highest BCUT2D eigenvalue weighted by atomic mass is 14.7. The number of pyridine rings is 1. The Balaban J connectivity index is 2.02. The van der Waals surface area contributed by atoms with Crippen molar-refractivity contribution in [3.63, 3.8) is 0 Å². The van der Waals surface area contributed by atoms with Crippen LogP contribution in [0.2, 0.25) is 0 Å². The van der Waals surface area contributed by atoms with Crippen molar-refractivity contribution in [3.05, 3.63) is 65.5 Å². The van der Waals surface area contributed by atoms with Crippen LogP contribution < -0.4 is 0 Å². The SMILES string of the molecule is C(=C1CCc2cccnc21)c1ccccc1. The molecule has 78 valence electrons. The maximum Gasteiger partial charge on any atom is 0.0693 e. The monoisotopic (exact) mass is 207 g/mol. The fraction of sp³-hybridized carbons (Fsp3) is 0.133. The van der Waals surface area contributed by atoms with Gasteiger partial charge in [-0.1, -0.05) is 36.4 Å². The fourth-order valence-corrected chi connectivity index (χ4v) is 2.21. The first kappa shape index (κ1) is 9.34. The van der Waals surface area contributed by atoms with E-state index in [1.807, 2.05) is 18.3 Å². The molecule has 0 fully saturated rings. The molecule has 0 saturated heterocycles. The van der Waals surface area contributed by atoms with Crippen LogP contribution in [0, 0.1) is 0 Å². The zero-order chi connectivity index (χ0) is 10.8. The van der Waals surface area contributed by atoms with Crippen LogP contribution in [-0.4, -0.2) is 4.98 Å². The quantitative estimate of drug-likeness (QED) is 0.696. The van der Waals surface area contributed by atoms with E-state index >= 15 is 0 Å². The van der Waals surface area contributed by atoms with Crippen LogP contribution in [0.5, 0.6) is 0 Å². The zero-order valence-electron chi connectivity index (χ0n) is 9.06. The highest BCUT2D eigenvalue weighted by molar-refractivity contribution is 5.83. The Hall–Kier alpha value is -1.89. The predicted octanol–water partition coefficient (Wildman–Crippen LogP) is 3.57. The first-order chi connectivity index (χ1) is 7.93. The van der Waals surface area contributed by atoms with Crippen molar-refractivity contribution >= 4 is 11.6 Å². The van der Waals surface area contributed by atoms with Gasteiger partial charge in [-0.15, -0.1) is 0 Å². The minimum absolute atomic E-state index is 1.11. The molecule has 16 heavy (non-hydrogen) atoms. The molecule has 1 heterocycles. The second-order valence-electron chi connectivity index (χ2n) is 4.09. The largest absolute Gasteiger partial charge is 0.256 e. The van der Waals surface area contributed by atoms with Crippen molar-refractivity contribution in [2.24, 2.45) is 0 Å². The van der Waals surface area contributed by atoms with Crippen LogP contribution in [-0.2, 0) is 6.42 Å². The minimum Gasteiger partial charge on any atom is -0.256 e. The highest BCUT2D eigenvalue weighted by Crippen LogP contribution is 2.31. The predicted molar refractivity (Wildman–Crippen MR) is 66.9 cm³/mol. The Morgan fingerprint density at radius 2 is 1.81 bits per heavy atom. The molecule has 1 nitrogen and oxygen atoms in total. The summed E-state index contributed by atoms with van der Waals surface area (Å²) in [5.41, 5.74) is 5.19. The second-order valence-corrected chi connectivity index (χ2v) is 4.09. The summed E-state index contributed by atoms with van der Waals surface area (Å²) in [6.45, 7) is 0. The molecule has 2 aromatic rings. The molecule has 0 spiro atoms. The molecule has 1 heteroatoms. The topological polar surface area (TPSA) is 12.9 Å². The number of aromatic nitrogens is 1. The molecule has 1 aromatic carbocycles. The van der Waals surface area contributed by atoms with Crippen molar-refractivity contribution in [1.29, 1.82) is 0 Å². The van der Waals surface area contributed by atoms with Gasteiger partial charge in [-0.25, -0.2) is 0 Å². The molecule has 0 amide bonds. The summed E-state index contributed by atoms with van der Waals surface area (Å²) < 4.78 is 0. The molecule has 1 aliphatic carbocycles. The lowest BCUT2D eigenvalue weighted by Gasteiger charge is -1.99. The van der Waals surface area contributed by atoms with Crippen molar-refractivity contribution in [1.82, 2.24) is 4.98 Å². The second kappa shape index (κ2) is 3.93. The maximum atomic E-state index is 4.47. The van der Waals surface area contributed by atoms with Crippen molar-refractivity contribution < 1.29 is 0 Å². The Morgan fingerprint density at radius 1 is 0.938 bits per heavy atom.